The summed E-state index contributed by atoms with van der Waals surface area (Å²) in [6, 6.07) is 70.6. The molecular weight excluding hydrogens is 777 g/mol. The van der Waals surface area contributed by atoms with Gasteiger partial charge in [0.15, 0.2) is 0 Å². The van der Waals surface area contributed by atoms with Gasteiger partial charge < -0.3 is 4.42 Å². The van der Waals surface area contributed by atoms with Crippen LogP contribution >= 0.6 is 0 Å². The molecule has 0 amide bonds. The Bertz CT molecular complexity index is 3820. The zero-order valence-electron chi connectivity index (χ0n) is 35.4. The van der Waals surface area contributed by atoms with E-state index in [-0.39, 0.29) is 5.41 Å². The molecule has 0 N–H and O–H groups in total. The zero-order valence-corrected chi connectivity index (χ0v) is 35.4. The Kier molecular flexibility index (Phi) is 7.95. The Morgan fingerprint density at radius 1 is 0.344 bits per heavy atom. The maximum absolute atomic E-state index is 6.49. The van der Waals surface area contributed by atoms with Crippen molar-refractivity contribution < 1.29 is 4.42 Å². The summed E-state index contributed by atoms with van der Waals surface area (Å²) >= 11 is 0. The molecule has 0 fully saturated rings. The molecule has 0 unspecified atom stereocenters. The molecule has 64 heavy (non-hydrogen) atoms. The molecule has 0 atom stereocenters. The van der Waals surface area contributed by atoms with E-state index < -0.39 is 0 Å². The molecule has 0 aliphatic heterocycles. The monoisotopic (exact) mass is 816 g/mol. The molecule has 0 spiro atoms. The van der Waals surface area contributed by atoms with Crippen molar-refractivity contribution in [3.63, 3.8) is 0 Å². The van der Waals surface area contributed by atoms with Crippen LogP contribution in [0.4, 0.5) is 0 Å². The van der Waals surface area contributed by atoms with Gasteiger partial charge in [-0.25, -0.2) is 0 Å². The van der Waals surface area contributed by atoms with Crippen LogP contribution in [0.25, 0.3) is 121 Å². The van der Waals surface area contributed by atoms with Gasteiger partial charge in [0.2, 0.25) is 0 Å². The molecule has 0 saturated heterocycles. The Hall–Kier alpha value is -8.14. The highest BCUT2D eigenvalue weighted by Crippen LogP contribution is 2.53. The number of para-hydroxylation sites is 2. The predicted molar refractivity (Wildman–Crippen MR) is 267 cm³/mol. The lowest BCUT2D eigenvalue weighted by Crippen LogP contribution is -2.15. The third kappa shape index (κ3) is 5.41. The fourth-order valence-electron chi connectivity index (χ4n) is 10.8. The highest BCUT2D eigenvalue weighted by atomic mass is 16.3. The summed E-state index contributed by atoms with van der Waals surface area (Å²) in [5.74, 6) is 0. The number of rotatable bonds is 5. The second kappa shape index (κ2) is 13.9. The first kappa shape index (κ1) is 36.5. The van der Waals surface area contributed by atoms with Gasteiger partial charge in [0.25, 0.3) is 0 Å². The lowest BCUT2D eigenvalue weighted by atomic mass is 9.81. The summed E-state index contributed by atoms with van der Waals surface area (Å²) < 4.78 is 6.49. The molecule has 10 aromatic carbocycles. The number of nitrogens with zero attached hydrogens (tertiary/aromatic N) is 2. The minimum atomic E-state index is -0.151. The summed E-state index contributed by atoms with van der Waals surface area (Å²) in [5.41, 5.74) is 20.3. The lowest BCUT2D eigenvalue weighted by Gasteiger charge is -2.22. The zero-order chi connectivity index (χ0) is 42.5. The van der Waals surface area contributed by atoms with Crippen molar-refractivity contribution in [3.05, 3.63) is 218 Å². The van der Waals surface area contributed by atoms with Crippen molar-refractivity contribution in [2.24, 2.45) is 0 Å². The van der Waals surface area contributed by atoms with Crippen LogP contribution in [0.15, 0.2) is 211 Å². The van der Waals surface area contributed by atoms with E-state index in [1.165, 1.54) is 66.1 Å². The first-order valence-electron chi connectivity index (χ1n) is 22.1. The molecule has 3 nitrogen and oxygen atoms in total. The average Bonchev–Trinajstić information content (AvgIpc) is 3.85. The van der Waals surface area contributed by atoms with Crippen LogP contribution in [0.1, 0.15) is 25.0 Å². The Morgan fingerprint density at radius 3 is 1.59 bits per heavy atom. The second-order valence-corrected chi connectivity index (χ2v) is 17.6. The SMILES string of the molecule is CC1(C)c2ccccc2-c2c1cc(-c1cccc(-c3ccc(-c4c5ccccc5c(-c5cccc(-c6cccc7c6oc6ccccc67)c5)c5ccccc45)cc3)c1)c1nccnc21. The molecule has 3 heteroatoms. The molecule has 1 aliphatic rings. The van der Waals surface area contributed by atoms with E-state index in [2.05, 4.69) is 196 Å². The smallest absolute Gasteiger partial charge is 0.143 e. The van der Waals surface area contributed by atoms with E-state index in [4.69, 9.17) is 14.4 Å². The highest BCUT2D eigenvalue weighted by Gasteiger charge is 2.37. The molecular formula is C61H40N2O. The van der Waals surface area contributed by atoms with Crippen LogP contribution in [0, 0.1) is 0 Å². The third-order valence-electron chi connectivity index (χ3n) is 13.8. The second-order valence-electron chi connectivity index (χ2n) is 17.6. The van der Waals surface area contributed by atoms with Crippen molar-refractivity contribution in [2.45, 2.75) is 19.3 Å². The van der Waals surface area contributed by atoms with Gasteiger partial charge in [-0.1, -0.05) is 184 Å². The van der Waals surface area contributed by atoms with Crippen LogP contribution in [0.3, 0.4) is 0 Å². The van der Waals surface area contributed by atoms with Crippen molar-refractivity contribution in [2.75, 3.05) is 0 Å². The van der Waals surface area contributed by atoms with Gasteiger partial charge in [0, 0.05) is 45.3 Å². The largest absolute Gasteiger partial charge is 0.455 e. The summed E-state index contributed by atoms with van der Waals surface area (Å²) in [7, 11) is 0. The summed E-state index contributed by atoms with van der Waals surface area (Å²) in [5, 5.41) is 7.18. The number of furan rings is 1. The minimum absolute atomic E-state index is 0.151. The van der Waals surface area contributed by atoms with Crippen LogP contribution < -0.4 is 0 Å². The van der Waals surface area contributed by atoms with Crippen LogP contribution in [0.5, 0.6) is 0 Å². The summed E-state index contributed by atoms with van der Waals surface area (Å²) in [6.45, 7) is 4.65. The van der Waals surface area contributed by atoms with Gasteiger partial charge in [-0.05, 0) is 107 Å². The molecule has 0 radical (unpaired) electrons. The van der Waals surface area contributed by atoms with Crippen LogP contribution in [-0.4, -0.2) is 9.97 Å². The average molecular weight is 817 g/mol. The first-order valence-corrected chi connectivity index (χ1v) is 22.1. The van der Waals surface area contributed by atoms with Crippen LogP contribution in [-0.2, 0) is 5.41 Å². The van der Waals surface area contributed by atoms with Gasteiger partial charge in [-0.15, -0.1) is 0 Å². The topological polar surface area (TPSA) is 38.9 Å². The minimum Gasteiger partial charge on any atom is -0.455 e. The fraction of sp³-hybridized carbons (Fsp3) is 0.0492. The number of benzene rings is 10. The van der Waals surface area contributed by atoms with Gasteiger partial charge >= 0.3 is 0 Å². The Labute approximate surface area is 371 Å². The summed E-state index contributed by atoms with van der Waals surface area (Å²) in [6.07, 6.45) is 3.63. The summed E-state index contributed by atoms with van der Waals surface area (Å²) in [4.78, 5) is 9.90. The van der Waals surface area contributed by atoms with Gasteiger partial charge in [0.05, 0.1) is 11.0 Å². The molecule has 2 aromatic heterocycles. The first-order chi connectivity index (χ1) is 31.5. The molecule has 300 valence electrons. The molecule has 2 heterocycles. The molecule has 0 saturated carbocycles. The normalized spacial score (nSPS) is 13.0. The Balaban J connectivity index is 0.911. The van der Waals surface area contributed by atoms with Gasteiger partial charge in [-0.2, -0.15) is 0 Å². The third-order valence-corrected chi connectivity index (χ3v) is 13.8. The van der Waals surface area contributed by atoms with Crippen molar-refractivity contribution >= 4 is 54.5 Å². The van der Waals surface area contributed by atoms with Crippen molar-refractivity contribution in [1.82, 2.24) is 9.97 Å². The van der Waals surface area contributed by atoms with Gasteiger partial charge in [0.1, 0.15) is 11.2 Å². The Morgan fingerprint density at radius 2 is 0.859 bits per heavy atom. The number of hydrogen-bond donors (Lipinski definition) is 0. The number of hydrogen-bond acceptors (Lipinski definition) is 3. The van der Waals surface area contributed by atoms with E-state index in [1.54, 1.807) is 0 Å². The lowest BCUT2D eigenvalue weighted by molar-refractivity contribution is 0.661. The van der Waals surface area contributed by atoms with E-state index in [9.17, 15) is 0 Å². The standard InChI is InChI=1S/C61H40N2O/c1-61(2)52-26-9-7-23-50(52)57-53(61)36-51(58-59(57)63-33-32-62-58)41-16-11-14-39(34-41)37-28-30-38(31-29-37)55-45-19-3-5-21-47(45)56(48-22-6-4-20-46(48)55)42-17-12-15-40(35-42)43-24-13-25-49-44-18-8-10-27-54(44)64-60(43)49/h3-36H,1-2H3. The predicted octanol–water partition coefficient (Wildman–Crippen LogP) is 16.5. The van der Waals surface area contributed by atoms with E-state index in [0.717, 1.165) is 66.4 Å². The van der Waals surface area contributed by atoms with Crippen LogP contribution in [0.2, 0.25) is 0 Å². The quantitative estimate of drug-likeness (QED) is 0.162. The van der Waals surface area contributed by atoms with Crippen molar-refractivity contribution in [1.29, 1.82) is 0 Å². The molecule has 13 rings (SSSR count). The fourth-order valence-corrected chi connectivity index (χ4v) is 10.8. The van der Waals surface area contributed by atoms with E-state index in [0.29, 0.717) is 0 Å². The van der Waals surface area contributed by atoms with Gasteiger partial charge in [-0.3, -0.25) is 9.97 Å². The molecule has 1 aliphatic carbocycles. The molecule has 0 bridgehead atoms. The highest BCUT2D eigenvalue weighted by molar-refractivity contribution is 6.22. The van der Waals surface area contributed by atoms with E-state index >= 15 is 0 Å². The molecule has 12 aromatic rings. The van der Waals surface area contributed by atoms with Crippen molar-refractivity contribution in [3.8, 4) is 66.8 Å². The van der Waals surface area contributed by atoms with E-state index in [1.807, 2.05) is 24.5 Å². The maximum Gasteiger partial charge on any atom is 0.143 e. The maximum atomic E-state index is 6.49. The number of fused-ring (bicyclic) bond motifs is 10. The number of aromatic nitrogens is 2.